The molecular formula is C23H18ClFN2O3S. The van der Waals surface area contributed by atoms with Crippen LogP contribution in [0.15, 0.2) is 60.0 Å². The molecule has 0 atom stereocenters. The summed E-state index contributed by atoms with van der Waals surface area (Å²) in [6, 6.07) is 14.0. The Morgan fingerprint density at radius 3 is 2.00 bits per heavy atom. The molecule has 5 nitrogen and oxygen atoms in total. The zero-order valence-corrected chi connectivity index (χ0v) is 18.0. The van der Waals surface area contributed by atoms with Crippen LogP contribution in [-0.2, 0) is 0 Å². The molecule has 0 N–H and O–H groups in total. The fourth-order valence-corrected chi connectivity index (χ4v) is 4.45. The van der Waals surface area contributed by atoms with Gasteiger partial charge in [0.05, 0.1) is 21.0 Å². The average Bonchev–Trinajstić information content (AvgIpc) is 3.33. The van der Waals surface area contributed by atoms with Gasteiger partial charge in [-0.2, -0.15) is 0 Å². The summed E-state index contributed by atoms with van der Waals surface area (Å²) in [5, 5.41) is 1.88. The van der Waals surface area contributed by atoms with Crippen LogP contribution in [0.3, 0.4) is 0 Å². The van der Waals surface area contributed by atoms with Crippen molar-refractivity contribution in [2.24, 2.45) is 0 Å². The minimum absolute atomic E-state index is 0.0597. The first-order valence-electron chi connectivity index (χ1n) is 9.66. The van der Waals surface area contributed by atoms with Crippen LogP contribution in [-0.4, -0.2) is 53.6 Å². The minimum Gasteiger partial charge on any atom is -0.335 e. The summed E-state index contributed by atoms with van der Waals surface area (Å²) in [5.74, 6) is -1.23. The van der Waals surface area contributed by atoms with Gasteiger partial charge in [-0.1, -0.05) is 35.9 Å². The van der Waals surface area contributed by atoms with E-state index in [1.54, 1.807) is 46.2 Å². The molecule has 158 valence electrons. The number of halogens is 2. The Labute approximate surface area is 187 Å². The van der Waals surface area contributed by atoms with Crippen LogP contribution in [0.25, 0.3) is 0 Å². The molecule has 4 rings (SSSR count). The fraction of sp³-hybridized carbons (Fsp3) is 0.174. The molecule has 0 aliphatic carbocycles. The van der Waals surface area contributed by atoms with Crippen LogP contribution in [0, 0.1) is 5.82 Å². The molecule has 2 amide bonds. The zero-order chi connectivity index (χ0) is 22.0. The predicted molar refractivity (Wildman–Crippen MR) is 117 cm³/mol. The van der Waals surface area contributed by atoms with Gasteiger partial charge in [0, 0.05) is 31.7 Å². The molecule has 1 aliphatic rings. The van der Waals surface area contributed by atoms with Gasteiger partial charge in [0.2, 0.25) is 5.78 Å². The molecule has 1 fully saturated rings. The molecule has 3 aromatic rings. The Kier molecular flexibility index (Phi) is 6.15. The number of hydrogen-bond acceptors (Lipinski definition) is 4. The van der Waals surface area contributed by atoms with E-state index in [0.717, 1.165) is 6.07 Å². The summed E-state index contributed by atoms with van der Waals surface area (Å²) in [4.78, 5) is 42.5. The highest BCUT2D eigenvalue weighted by molar-refractivity contribution is 7.12. The van der Waals surface area contributed by atoms with Crippen molar-refractivity contribution < 1.29 is 18.8 Å². The number of carbonyl (C=O) groups excluding carboxylic acids is 3. The van der Waals surface area contributed by atoms with Crippen LogP contribution < -0.4 is 0 Å². The third-order valence-corrected chi connectivity index (χ3v) is 6.34. The Bertz CT molecular complexity index is 1140. The quantitative estimate of drug-likeness (QED) is 0.548. The molecule has 8 heteroatoms. The Morgan fingerprint density at radius 1 is 0.806 bits per heavy atom. The number of amides is 2. The second-order valence-corrected chi connectivity index (χ2v) is 8.42. The molecule has 1 saturated heterocycles. The molecule has 2 aromatic carbocycles. The van der Waals surface area contributed by atoms with E-state index in [4.69, 9.17) is 11.6 Å². The van der Waals surface area contributed by atoms with Crippen LogP contribution in [0.4, 0.5) is 4.39 Å². The minimum atomic E-state index is -0.507. The number of benzene rings is 2. The van der Waals surface area contributed by atoms with E-state index in [2.05, 4.69) is 0 Å². The number of nitrogens with zero attached hydrogens (tertiary/aromatic N) is 2. The molecule has 0 unspecified atom stereocenters. The van der Waals surface area contributed by atoms with Gasteiger partial charge in [-0.15, -0.1) is 11.3 Å². The van der Waals surface area contributed by atoms with E-state index in [0.29, 0.717) is 42.2 Å². The van der Waals surface area contributed by atoms with E-state index in [-0.39, 0.29) is 28.2 Å². The second kappa shape index (κ2) is 8.99. The van der Waals surface area contributed by atoms with Gasteiger partial charge >= 0.3 is 0 Å². The van der Waals surface area contributed by atoms with Crippen molar-refractivity contribution >= 4 is 40.5 Å². The SMILES string of the molecule is O=C(c1cccs1)c1ccccc1C(=O)N1CCN(C(=O)c2ccc(F)cc2Cl)CC1. The van der Waals surface area contributed by atoms with Crippen molar-refractivity contribution in [3.8, 4) is 0 Å². The summed E-state index contributed by atoms with van der Waals surface area (Å²) < 4.78 is 13.3. The van der Waals surface area contributed by atoms with E-state index in [9.17, 15) is 18.8 Å². The third kappa shape index (κ3) is 4.38. The maximum Gasteiger partial charge on any atom is 0.255 e. The highest BCUT2D eigenvalue weighted by Crippen LogP contribution is 2.22. The fourth-order valence-electron chi connectivity index (χ4n) is 3.52. The van der Waals surface area contributed by atoms with Gasteiger partial charge in [-0.25, -0.2) is 4.39 Å². The lowest BCUT2D eigenvalue weighted by atomic mass is 10.0. The van der Waals surface area contributed by atoms with Gasteiger partial charge in [0.25, 0.3) is 11.8 Å². The first-order valence-corrected chi connectivity index (χ1v) is 10.9. The van der Waals surface area contributed by atoms with Gasteiger partial charge < -0.3 is 9.80 Å². The molecule has 0 bridgehead atoms. The van der Waals surface area contributed by atoms with Gasteiger partial charge in [0.15, 0.2) is 0 Å². The van der Waals surface area contributed by atoms with Crippen LogP contribution in [0.5, 0.6) is 0 Å². The van der Waals surface area contributed by atoms with Crippen molar-refractivity contribution in [1.29, 1.82) is 0 Å². The summed E-state index contributed by atoms with van der Waals surface area (Å²) >= 11 is 7.34. The highest BCUT2D eigenvalue weighted by atomic mass is 35.5. The largest absolute Gasteiger partial charge is 0.335 e. The Hall–Kier alpha value is -3.03. The van der Waals surface area contributed by atoms with Crippen molar-refractivity contribution in [2.75, 3.05) is 26.2 Å². The highest BCUT2D eigenvalue weighted by Gasteiger charge is 2.28. The van der Waals surface area contributed by atoms with Crippen molar-refractivity contribution in [3.05, 3.63) is 92.4 Å². The van der Waals surface area contributed by atoms with Crippen molar-refractivity contribution in [2.45, 2.75) is 0 Å². The van der Waals surface area contributed by atoms with E-state index < -0.39 is 5.82 Å². The average molecular weight is 457 g/mol. The van der Waals surface area contributed by atoms with Gasteiger partial charge in [-0.3, -0.25) is 14.4 Å². The van der Waals surface area contributed by atoms with Crippen molar-refractivity contribution in [3.63, 3.8) is 0 Å². The summed E-state index contributed by atoms with van der Waals surface area (Å²) in [6.45, 7) is 1.29. The van der Waals surface area contributed by atoms with E-state index in [1.165, 1.54) is 23.5 Å². The van der Waals surface area contributed by atoms with Gasteiger partial charge in [0.1, 0.15) is 5.82 Å². The number of carbonyl (C=O) groups is 3. The summed E-state index contributed by atoms with van der Waals surface area (Å²) in [6.07, 6.45) is 0. The lowest BCUT2D eigenvalue weighted by Gasteiger charge is -2.35. The molecule has 1 aromatic heterocycles. The first kappa shape index (κ1) is 21.2. The Balaban J connectivity index is 1.47. The Morgan fingerprint density at radius 2 is 1.42 bits per heavy atom. The molecular weight excluding hydrogens is 439 g/mol. The van der Waals surface area contributed by atoms with E-state index >= 15 is 0 Å². The first-order chi connectivity index (χ1) is 15.0. The number of hydrogen-bond donors (Lipinski definition) is 0. The number of piperazine rings is 1. The number of ketones is 1. The third-order valence-electron chi connectivity index (χ3n) is 5.16. The molecule has 31 heavy (non-hydrogen) atoms. The smallest absolute Gasteiger partial charge is 0.255 e. The predicted octanol–water partition coefficient (Wildman–Crippen LogP) is 4.37. The molecule has 0 saturated carbocycles. The summed E-state index contributed by atoms with van der Waals surface area (Å²) in [7, 11) is 0. The van der Waals surface area contributed by atoms with Crippen LogP contribution in [0.2, 0.25) is 5.02 Å². The molecule has 0 spiro atoms. The molecule has 1 aliphatic heterocycles. The lowest BCUT2D eigenvalue weighted by molar-refractivity contribution is 0.0534. The van der Waals surface area contributed by atoms with Crippen molar-refractivity contribution in [1.82, 2.24) is 9.80 Å². The van der Waals surface area contributed by atoms with E-state index in [1.807, 2.05) is 5.38 Å². The zero-order valence-electron chi connectivity index (χ0n) is 16.4. The van der Waals surface area contributed by atoms with Crippen LogP contribution in [0.1, 0.15) is 36.0 Å². The maximum atomic E-state index is 13.3. The maximum absolute atomic E-state index is 13.3. The van der Waals surface area contributed by atoms with Crippen LogP contribution >= 0.6 is 22.9 Å². The normalized spacial score (nSPS) is 13.9. The molecule has 2 heterocycles. The van der Waals surface area contributed by atoms with Gasteiger partial charge in [-0.05, 0) is 35.7 Å². The molecule has 0 radical (unpaired) electrons. The number of thiophene rings is 1. The lowest BCUT2D eigenvalue weighted by Crippen LogP contribution is -2.50. The standard InChI is InChI=1S/C23H18ClFN2O3S/c24-19-14-15(25)7-8-18(19)23(30)27-11-9-26(10-12-27)22(29)17-5-2-1-4-16(17)21(28)20-6-3-13-31-20/h1-8,13-14H,9-12H2. The number of rotatable bonds is 4. The monoisotopic (exact) mass is 456 g/mol. The second-order valence-electron chi connectivity index (χ2n) is 7.06. The topological polar surface area (TPSA) is 57.7 Å². The summed E-state index contributed by atoms with van der Waals surface area (Å²) in [5.41, 5.74) is 0.948.